The molecule has 5 nitrogen and oxygen atoms in total. The number of hydrogen-bond donors (Lipinski definition) is 2. The topological polar surface area (TPSA) is 62.7 Å². The van der Waals surface area contributed by atoms with Crippen molar-refractivity contribution in [2.45, 2.75) is 33.2 Å². The maximum atomic E-state index is 13.5. The molecule has 0 unspecified atom stereocenters. The van der Waals surface area contributed by atoms with Crippen molar-refractivity contribution < 1.29 is 4.39 Å². The SMILES string of the molecule is CC[C@@H](C)Nc1nc(Nc2ccc(F)c(C)c2)cc(-c2cccnc2)n1. The van der Waals surface area contributed by atoms with Crippen LogP contribution in [0.3, 0.4) is 0 Å². The lowest BCUT2D eigenvalue weighted by Crippen LogP contribution is -2.16. The number of aryl methyl sites for hydroxylation is 1. The first-order chi connectivity index (χ1) is 12.5. The van der Waals surface area contributed by atoms with E-state index in [0.29, 0.717) is 17.3 Å². The molecular weight excluding hydrogens is 329 g/mol. The van der Waals surface area contributed by atoms with Gasteiger partial charge in [-0.2, -0.15) is 4.98 Å². The van der Waals surface area contributed by atoms with Gasteiger partial charge >= 0.3 is 0 Å². The van der Waals surface area contributed by atoms with Crippen LogP contribution < -0.4 is 10.6 Å². The number of aromatic nitrogens is 3. The van der Waals surface area contributed by atoms with E-state index in [2.05, 4.69) is 39.4 Å². The largest absolute Gasteiger partial charge is 0.352 e. The molecule has 2 aromatic heterocycles. The van der Waals surface area contributed by atoms with Crippen LogP contribution in [-0.4, -0.2) is 21.0 Å². The van der Waals surface area contributed by atoms with E-state index < -0.39 is 0 Å². The Morgan fingerprint density at radius 3 is 2.69 bits per heavy atom. The van der Waals surface area contributed by atoms with Gasteiger partial charge in [-0.05, 0) is 56.2 Å². The standard InChI is InChI=1S/C20H22FN5/c1-4-14(3)23-20-25-18(15-6-5-9-22-12-15)11-19(26-20)24-16-7-8-17(21)13(2)10-16/h5-12,14H,4H2,1-3H3,(H2,23,24,25,26)/t14-/m1/s1. The molecule has 0 aliphatic heterocycles. The number of halogens is 1. The number of nitrogens with one attached hydrogen (secondary N) is 2. The molecule has 3 aromatic rings. The Morgan fingerprint density at radius 2 is 2.00 bits per heavy atom. The molecule has 2 N–H and O–H groups in total. The Balaban J connectivity index is 1.97. The lowest BCUT2D eigenvalue weighted by molar-refractivity contribution is 0.619. The number of nitrogens with zero attached hydrogens (tertiary/aromatic N) is 3. The molecule has 0 saturated carbocycles. The molecule has 1 aromatic carbocycles. The smallest absolute Gasteiger partial charge is 0.225 e. The monoisotopic (exact) mass is 351 g/mol. The average Bonchev–Trinajstić information content (AvgIpc) is 2.65. The summed E-state index contributed by atoms with van der Waals surface area (Å²) in [5, 5.41) is 6.54. The summed E-state index contributed by atoms with van der Waals surface area (Å²) in [5.41, 5.74) is 3.02. The van der Waals surface area contributed by atoms with Crippen molar-refractivity contribution in [3.63, 3.8) is 0 Å². The highest BCUT2D eigenvalue weighted by atomic mass is 19.1. The third-order valence-electron chi connectivity index (χ3n) is 4.10. The van der Waals surface area contributed by atoms with E-state index in [-0.39, 0.29) is 11.9 Å². The second-order valence-electron chi connectivity index (χ2n) is 6.25. The lowest BCUT2D eigenvalue weighted by atomic mass is 10.2. The summed E-state index contributed by atoms with van der Waals surface area (Å²) in [6, 6.07) is 10.8. The Labute approximate surface area is 152 Å². The maximum Gasteiger partial charge on any atom is 0.225 e. The minimum atomic E-state index is -0.228. The van der Waals surface area contributed by atoms with E-state index >= 15 is 0 Å². The van der Waals surface area contributed by atoms with Gasteiger partial charge in [-0.15, -0.1) is 0 Å². The Morgan fingerprint density at radius 1 is 1.15 bits per heavy atom. The lowest BCUT2D eigenvalue weighted by Gasteiger charge is -2.15. The molecule has 2 heterocycles. The van der Waals surface area contributed by atoms with E-state index in [4.69, 9.17) is 0 Å². The molecule has 0 radical (unpaired) electrons. The van der Waals surface area contributed by atoms with Gasteiger partial charge < -0.3 is 10.6 Å². The molecule has 0 saturated heterocycles. The second kappa shape index (κ2) is 7.91. The van der Waals surface area contributed by atoms with Crippen LogP contribution >= 0.6 is 0 Å². The predicted molar refractivity (Wildman–Crippen MR) is 103 cm³/mol. The van der Waals surface area contributed by atoms with Gasteiger partial charge in [0.2, 0.25) is 5.95 Å². The van der Waals surface area contributed by atoms with E-state index in [1.54, 1.807) is 31.5 Å². The predicted octanol–water partition coefficient (Wildman–Crippen LogP) is 4.94. The van der Waals surface area contributed by atoms with Crippen molar-refractivity contribution >= 4 is 17.5 Å². The minimum Gasteiger partial charge on any atom is -0.352 e. The van der Waals surface area contributed by atoms with Crippen LogP contribution in [0.25, 0.3) is 11.3 Å². The van der Waals surface area contributed by atoms with Crippen LogP contribution in [0, 0.1) is 12.7 Å². The summed E-state index contributed by atoms with van der Waals surface area (Å²) in [7, 11) is 0. The molecule has 26 heavy (non-hydrogen) atoms. The molecule has 0 fully saturated rings. The summed E-state index contributed by atoms with van der Waals surface area (Å²) in [4.78, 5) is 13.3. The second-order valence-corrected chi connectivity index (χ2v) is 6.25. The zero-order valence-corrected chi connectivity index (χ0v) is 15.1. The molecular formula is C20H22FN5. The fourth-order valence-corrected chi connectivity index (χ4v) is 2.43. The van der Waals surface area contributed by atoms with Crippen molar-refractivity contribution in [3.8, 4) is 11.3 Å². The average molecular weight is 351 g/mol. The molecule has 3 rings (SSSR count). The third-order valence-corrected chi connectivity index (χ3v) is 4.10. The Kier molecular flexibility index (Phi) is 5.41. The molecule has 6 heteroatoms. The van der Waals surface area contributed by atoms with E-state index in [1.807, 2.05) is 18.2 Å². The minimum absolute atomic E-state index is 0.228. The first-order valence-corrected chi connectivity index (χ1v) is 8.64. The van der Waals surface area contributed by atoms with Gasteiger partial charge in [0.1, 0.15) is 11.6 Å². The van der Waals surface area contributed by atoms with Crippen LogP contribution in [0.1, 0.15) is 25.8 Å². The van der Waals surface area contributed by atoms with Gasteiger partial charge in [0.15, 0.2) is 0 Å². The fraction of sp³-hybridized carbons (Fsp3) is 0.250. The molecule has 0 amide bonds. The summed E-state index contributed by atoms with van der Waals surface area (Å²) in [6.07, 6.45) is 4.45. The van der Waals surface area contributed by atoms with Crippen molar-refractivity contribution in [2.24, 2.45) is 0 Å². The highest BCUT2D eigenvalue weighted by Gasteiger charge is 2.10. The van der Waals surface area contributed by atoms with Crippen LogP contribution in [0.5, 0.6) is 0 Å². The zero-order chi connectivity index (χ0) is 18.5. The van der Waals surface area contributed by atoms with Gasteiger partial charge in [0, 0.05) is 35.8 Å². The normalized spacial score (nSPS) is 11.8. The number of pyridine rings is 1. The summed E-state index contributed by atoms with van der Waals surface area (Å²) in [5.74, 6) is 0.950. The van der Waals surface area contributed by atoms with E-state index in [0.717, 1.165) is 23.4 Å². The fourth-order valence-electron chi connectivity index (χ4n) is 2.43. The molecule has 0 aliphatic carbocycles. The van der Waals surface area contributed by atoms with Crippen molar-refractivity contribution in [1.29, 1.82) is 0 Å². The quantitative estimate of drug-likeness (QED) is 0.658. The molecule has 0 bridgehead atoms. The number of benzene rings is 1. The highest BCUT2D eigenvalue weighted by Crippen LogP contribution is 2.24. The molecule has 0 spiro atoms. The van der Waals surface area contributed by atoms with Gasteiger partial charge in [-0.3, -0.25) is 4.98 Å². The van der Waals surface area contributed by atoms with Gasteiger partial charge in [-0.1, -0.05) is 6.92 Å². The Bertz CT molecular complexity index is 883. The number of anilines is 3. The van der Waals surface area contributed by atoms with Crippen molar-refractivity contribution in [1.82, 2.24) is 15.0 Å². The molecule has 0 aliphatic rings. The van der Waals surface area contributed by atoms with Crippen molar-refractivity contribution in [2.75, 3.05) is 10.6 Å². The highest BCUT2D eigenvalue weighted by molar-refractivity contribution is 5.67. The Hall–Kier alpha value is -3.02. The van der Waals surface area contributed by atoms with Gasteiger partial charge in [-0.25, -0.2) is 9.37 Å². The first-order valence-electron chi connectivity index (χ1n) is 8.64. The first kappa shape index (κ1) is 17.8. The van der Waals surface area contributed by atoms with E-state index in [9.17, 15) is 4.39 Å². The van der Waals surface area contributed by atoms with Crippen LogP contribution in [0.15, 0.2) is 48.8 Å². The zero-order valence-electron chi connectivity index (χ0n) is 15.1. The molecule has 1 atom stereocenters. The van der Waals surface area contributed by atoms with E-state index in [1.165, 1.54) is 6.07 Å². The van der Waals surface area contributed by atoms with Crippen LogP contribution in [-0.2, 0) is 0 Å². The van der Waals surface area contributed by atoms with Gasteiger partial charge in [0.25, 0.3) is 0 Å². The van der Waals surface area contributed by atoms with Crippen LogP contribution in [0.4, 0.5) is 21.8 Å². The molecule has 134 valence electrons. The maximum absolute atomic E-state index is 13.5. The summed E-state index contributed by atoms with van der Waals surface area (Å²) in [6.45, 7) is 5.91. The van der Waals surface area contributed by atoms with Crippen molar-refractivity contribution in [3.05, 3.63) is 60.2 Å². The summed E-state index contributed by atoms with van der Waals surface area (Å²) < 4.78 is 13.5. The summed E-state index contributed by atoms with van der Waals surface area (Å²) >= 11 is 0. The van der Waals surface area contributed by atoms with Crippen LogP contribution in [0.2, 0.25) is 0 Å². The number of hydrogen-bond acceptors (Lipinski definition) is 5. The van der Waals surface area contributed by atoms with Gasteiger partial charge in [0.05, 0.1) is 5.69 Å². The number of rotatable bonds is 6. The third kappa shape index (κ3) is 4.33.